The minimum atomic E-state index is -0.232. The number of carbonyl (C=O) groups excluding carboxylic acids is 1. The quantitative estimate of drug-likeness (QED) is 0.546. The standard InChI is InChI=1S/C18H19BrN2O4/c1-3-25-16-9-13(8-15(19)18(16)23)11-20-21-17(22)10-12-4-6-14(24-2)7-5-12/h4-9,11,23H,3,10H2,1-2H3,(H,21,22)/b20-11-. The highest BCUT2D eigenvalue weighted by molar-refractivity contribution is 9.10. The van der Waals surface area contributed by atoms with E-state index in [9.17, 15) is 9.90 Å². The Balaban J connectivity index is 1.96. The van der Waals surface area contributed by atoms with Gasteiger partial charge in [0.25, 0.3) is 0 Å². The van der Waals surface area contributed by atoms with Gasteiger partial charge in [-0.2, -0.15) is 5.10 Å². The molecular formula is C18H19BrN2O4. The highest BCUT2D eigenvalue weighted by atomic mass is 79.9. The van der Waals surface area contributed by atoms with Crippen molar-refractivity contribution in [3.05, 3.63) is 52.0 Å². The summed E-state index contributed by atoms with van der Waals surface area (Å²) in [6.07, 6.45) is 1.70. The molecule has 0 aliphatic carbocycles. The van der Waals surface area contributed by atoms with E-state index in [-0.39, 0.29) is 18.1 Å². The third-order valence-corrected chi connectivity index (χ3v) is 3.88. The minimum Gasteiger partial charge on any atom is -0.503 e. The van der Waals surface area contributed by atoms with Gasteiger partial charge in [0.2, 0.25) is 5.91 Å². The van der Waals surface area contributed by atoms with Crippen LogP contribution in [0.1, 0.15) is 18.1 Å². The molecule has 2 rings (SSSR count). The molecule has 0 aliphatic rings. The van der Waals surface area contributed by atoms with Crippen LogP contribution in [0.25, 0.3) is 0 Å². The van der Waals surface area contributed by atoms with Gasteiger partial charge in [-0.15, -0.1) is 0 Å². The number of aromatic hydroxyl groups is 1. The molecule has 0 aromatic heterocycles. The van der Waals surface area contributed by atoms with Crippen LogP contribution < -0.4 is 14.9 Å². The van der Waals surface area contributed by atoms with Crippen LogP contribution in [-0.4, -0.2) is 30.9 Å². The number of nitrogens with zero attached hydrogens (tertiary/aromatic N) is 1. The molecule has 132 valence electrons. The van der Waals surface area contributed by atoms with Gasteiger partial charge in [0.15, 0.2) is 11.5 Å². The summed E-state index contributed by atoms with van der Waals surface area (Å²) in [5.41, 5.74) is 4.01. The maximum absolute atomic E-state index is 11.9. The van der Waals surface area contributed by atoms with Gasteiger partial charge in [-0.25, -0.2) is 5.43 Å². The zero-order chi connectivity index (χ0) is 18.2. The zero-order valence-electron chi connectivity index (χ0n) is 14.0. The van der Waals surface area contributed by atoms with Gasteiger partial charge in [-0.1, -0.05) is 12.1 Å². The number of carbonyl (C=O) groups is 1. The van der Waals surface area contributed by atoms with E-state index in [0.29, 0.717) is 22.4 Å². The topological polar surface area (TPSA) is 80.2 Å². The second kappa shape index (κ2) is 9.08. The lowest BCUT2D eigenvalue weighted by Crippen LogP contribution is -2.19. The van der Waals surface area contributed by atoms with Crippen LogP contribution in [0, 0.1) is 0 Å². The first kappa shape index (κ1) is 18.8. The number of amides is 1. The molecule has 1 amide bonds. The third kappa shape index (κ3) is 5.49. The van der Waals surface area contributed by atoms with Crippen molar-refractivity contribution in [1.29, 1.82) is 0 Å². The monoisotopic (exact) mass is 406 g/mol. The lowest BCUT2D eigenvalue weighted by Gasteiger charge is -2.08. The van der Waals surface area contributed by atoms with Crippen molar-refractivity contribution in [3.8, 4) is 17.2 Å². The third-order valence-electron chi connectivity index (χ3n) is 3.28. The van der Waals surface area contributed by atoms with Gasteiger partial charge in [0.1, 0.15) is 5.75 Å². The SMILES string of the molecule is CCOc1cc(/C=N\NC(=O)Cc2ccc(OC)cc2)cc(Br)c1O. The Kier molecular flexibility index (Phi) is 6.82. The molecule has 0 saturated heterocycles. The Morgan fingerprint density at radius 1 is 1.32 bits per heavy atom. The fourth-order valence-corrected chi connectivity index (χ4v) is 2.54. The summed E-state index contributed by atoms with van der Waals surface area (Å²) in [7, 11) is 1.59. The summed E-state index contributed by atoms with van der Waals surface area (Å²) >= 11 is 3.25. The summed E-state index contributed by atoms with van der Waals surface area (Å²) in [5.74, 6) is 0.889. The Bertz CT molecular complexity index is 760. The van der Waals surface area contributed by atoms with Crippen LogP contribution in [0.5, 0.6) is 17.2 Å². The summed E-state index contributed by atoms with van der Waals surface area (Å²) in [6.45, 7) is 2.26. The molecule has 0 spiro atoms. The summed E-state index contributed by atoms with van der Waals surface area (Å²) in [5, 5.41) is 13.8. The van der Waals surface area contributed by atoms with E-state index < -0.39 is 0 Å². The molecule has 0 heterocycles. The molecule has 0 unspecified atom stereocenters. The maximum Gasteiger partial charge on any atom is 0.244 e. The molecule has 0 aliphatic heterocycles. The summed E-state index contributed by atoms with van der Waals surface area (Å²) < 4.78 is 10.9. The molecular weight excluding hydrogens is 388 g/mol. The lowest BCUT2D eigenvalue weighted by atomic mass is 10.1. The van der Waals surface area contributed by atoms with E-state index in [2.05, 4.69) is 26.5 Å². The first-order chi connectivity index (χ1) is 12.0. The molecule has 7 heteroatoms. The van der Waals surface area contributed by atoms with Crippen LogP contribution in [-0.2, 0) is 11.2 Å². The number of hydrazone groups is 1. The normalized spacial score (nSPS) is 10.7. The number of methoxy groups -OCH3 is 1. The van der Waals surface area contributed by atoms with Crippen molar-refractivity contribution < 1.29 is 19.4 Å². The number of ether oxygens (including phenoxy) is 2. The second-order valence-electron chi connectivity index (χ2n) is 5.10. The summed E-state index contributed by atoms with van der Waals surface area (Å²) in [6, 6.07) is 10.6. The van der Waals surface area contributed by atoms with E-state index in [1.807, 2.05) is 19.1 Å². The van der Waals surface area contributed by atoms with Crippen LogP contribution in [0.4, 0.5) is 0 Å². The Labute approximate surface area is 154 Å². The van der Waals surface area contributed by atoms with E-state index in [4.69, 9.17) is 9.47 Å². The van der Waals surface area contributed by atoms with E-state index in [1.54, 1.807) is 31.4 Å². The second-order valence-corrected chi connectivity index (χ2v) is 5.95. The van der Waals surface area contributed by atoms with Crippen molar-refractivity contribution in [3.63, 3.8) is 0 Å². The number of hydrogen-bond acceptors (Lipinski definition) is 5. The van der Waals surface area contributed by atoms with Crippen LogP contribution in [0.2, 0.25) is 0 Å². The number of nitrogens with one attached hydrogen (secondary N) is 1. The molecule has 2 aromatic rings. The van der Waals surface area contributed by atoms with Gasteiger partial charge in [-0.3, -0.25) is 4.79 Å². The Hall–Kier alpha value is -2.54. The smallest absolute Gasteiger partial charge is 0.244 e. The first-order valence-corrected chi connectivity index (χ1v) is 8.43. The number of hydrogen-bond donors (Lipinski definition) is 2. The lowest BCUT2D eigenvalue weighted by molar-refractivity contribution is -0.120. The van der Waals surface area contributed by atoms with Crippen molar-refractivity contribution in [2.75, 3.05) is 13.7 Å². The number of benzene rings is 2. The molecule has 25 heavy (non-hydrogen) atoms. The van der Waals surface area contributed by atoms with Gasteiger partial charge in [-0.05, 0) is 58.2 Å². The molecule has 0 saturated carbocycles. The fourth-order valence-electron chi connectivity index (χ4n) is 2.08. The highest BCUT2D eigenvalue weighted by Gasteiger charge is 2.08. The molecule has 0 atom stereocenters. The maximum atomic E-state index is 11.9. The summed E-state index contributed by atoms with van der Waals surface area (Å²) in [4.78, 5) is 11.9. The minimum absolute atomic E-state index is 0.0301. The van der Waals surface area contributed by atoms with Crippen molar-refractivity contribution in [1.82, 2.24) is 5.43 Å². The molecule has 6 nitrogen and oxygen atoms in total. The average Bonchev–Trinajstić information content (AvgIpc) is 2.60. The van der Waals surface area contributed by atoms with Gasteiger partial charge < -0.3 is 14.6 Å². The van der Waals surface area contributed by atoms with Crippen molar-refractivity contribution >= 4 is 28.1 Å². The van der Waals surface area contributed by atoms with E-state index in [1.165, 1.54) is 6.21 Å². The van der Waals surface area contributed by atoms with Crippen LogP contribution in [0.3, 0.4) is 0 Å². The van der Waals surface area contributed by atoms with Crippen LogP contribution >= 0.6 is 15.9 Å². The highest BCUT2D eigenvalue weighted by Crippen LogP contribution is 2.35. The molecule has 0 bridgehead atoms. The molecule has 0 radical (unpaired) electrons. The van der Waals surface area contributed by atoms with E-state index >= 15 is 0 Å². The molecule has 2 N–H and O–H groups in total. The largest absolute Gasteiger partial charge is 0.503 e. The van der Waals surface area contributed by atoms with Crippen molar-refractivity contribution in [2.45, 2.75) is 13.3 Å². The van der Waals surface area contributed by atoms with Crippen LogP contribution in [0.15, 0.2) is 46.0 Å². The number of halogens is 1. The average molecular weight is 407 g/mol. The fraction of sp³-hybridized carbons (Fsp3) is 0.222. The van der Waals surface area contributed by atoms with Gasteiger partial charge in [0, 0.05) is 0 Å². The van der Waals surface area contributed by atoms with Crippen molar-refractivity contribution in [2.24, 2.45) is 5.10 Å². The zero-order valence-corrected chi connectivity index (χ0v) is 15.5. The van der Waals surface area contributed by atoms with Gasteiger partial charge >= 0.3 is 0 Å². The molecule has 2 aromatic carbocycles. The predicted molar refractivity (Wildman–Crippen MR) is 99.4 cm³/mol. The Morgan fingerprint density at radius 3 is 2.68 bits per heavy atom. The molecule has 0 fully saturated rings. The number of phenols is 1. The Morgan fingerprint density at radius 2 is 2.04 bits per heavy atom. The van der Waals surface area contributed by atoms with Gasteiger partial charge in [0.05, 0.1) is 30.8 Å². The first-order valence-electron chi connectivity index (χ1n) is 7.63. The number of phenolic OH excluding ortho intramolecular Hbond substituents is 1. The number of rotatable bonds is 7. The van der Waals surface area contributed by atoms with E-state index in [0.717, 1.165) is 11.3 Å². The predicted octanol–water partition coefficient (Wildman–Crippen LogP) is 3.25.